The van der Waals surface area contributed by atoms with E-state index in [1.807, 2.05) is 4.90 Å². The predicted molar refractivity (Wildman–Crippen MR) is 136 cm³/mol. The maximum atomic E-state index is 13.2. The van der Waals surface area contributed by atoms with Crippen LogP contribution in [0, 0.1) is 0 Å². The summed E-state index contributed by atoms with van der Waals surface area (Å²) in [5.41, 5.74) is 4.97. The number of hydrogen-bond donors (Lipinski definition) is 1. The van der Waals surface area contributed by atoms with Crippen molar-refractivity contribution in [2.75, 3.05) is 5.32 Å². The summed E-state index contributed by atoms with van der Waals surface area (Å²) in [7, 11) is 0. The highest BCUT2D eigenvalue weighted by atomic mass is 35.5. The first-order valence-electron chi connectivity index (χ1n) is 11.8. The van der Waals surface area contributed by atoms with Gasteiger partial charge in [-0.1, -0.05) is 35.9 Å². The maximum Gasteiger partial charge on any atom is 0.254 e. The summed E-state index contributed by atoms with van der Waals surface area (Å²) >= 11 is 6.01. The SMILES string of the molecule is O=C(c1ccc(Cl)cc1)N(Cc1cccc(-c2ccc3ncnc(NC4CC4)c3c2)c1)C1CC1. The van der Waals surface area contributed by atoms with Gasteiger partial charge in [0.1, 0.15) is 12.1 Å². The molecule has 34 heavy (non-hydrogen) atoms. The largest absolute Gasteiger partial charge is 0.367 e. The molecule has 4 aromatic rings. The summed E-state index contributed by atoms with van der Waals surface area (Å²) < 4.78 is 0. The zero-order valence-electron chi connectivity index (χ0n) is 18.7. The first-order valence-corrected chi connectivity index (χ1v) is 12.2. The number of fused-ring (bicyclic) bond motifs is 1. The van der Waals surface area contributed by atoms with E-state index in [1.54, 1.807) is 30.6 Å². The van der Waals surface area contributed by atoms with Crippen LogP contribution in [-0.4, -0.2) is 32.9 Å². The zero-order valence-corrected chi connectivity index (χ0v) is 19.5. The minimum atomic E-state index is 0.0585. The molecule has 170 valence electrons. The molecule has 0 spiro atoms. The van der Waals surface area contributed by atoms with Gasteiger partial charge in [0.15, 0.2) is 0 Å². The monoisotopic (exact) mass is 468 g/mol. The van der Waals surface area contributed by atoms with Gasteiger partial charge in [0.25, 0.3) is 5.91 Å². The molecule has 1 heterocycles. The van der Waals surface area contributed by atoms with Crippen molar-refractivity contribution in [3.8, 4) is 11.1 Å². The molecule has 2 aliphatic rings. The van der Waals surface area contributed by atoms with Crippen LogP contribution in [0.1, 0.15) is 41.6 Å². The molecule has 5 nitrogen and oxygen atoms in total. The molecule has 6 heteroatoms. The van der Waals surface area contributed by atoms with Crippen LogP contribution in [0.25, 0.3) is 22.0 Å². The Hall–Kier alpha value is -3.44. The average molecular weight is 469 g/mol. The molecule has 0 unspecified atom stereocenters. The predicted octanol–water partition coefficient (Wildman–Crippen LogP) is 6.33. The molecule has 0 aliphatic heterocycles. The summed E-state index contributed by atoms with van der Waals surface area (Å²) in [6.07, 6.45) is 6.12. The third-order valence-corrected chi connectivity index (χ3v) is 6.76. The second kappa shape index (κ2) is 8.73. The Kier molecular flexibility index (Phi) is 5.42. The number of nitrogens with one attached hydrogen (secondary N) is 1. The fourth-order valence-corrected chi connectivity index (χ4v) is 4.46. The lowest BCUT2D eigenvalue weighted by Crippen LogP contribution is -2.32. The number of nitrogens with zero attached hydrogens (tertiary/aromatic N) is 3. The highest BCUT2D eigenvalue weighted by Gasteiger charge is 2.33. The normalized spacial score (nSPS) is 15.3. The molecule has 0 radical (unpaired) electrons. The molecule has 0 bridgehead atoms. The molecule has 2 aliphatic carbocycles. The Morgan fingerprint density at radius 1 is 0.941 bits per heavy atom. The lowest BCUT2D eigenvalue weighted by Gasteiger charge is -2.23. The number of hydrogen-bond acceptors (Lipinski definition) is 4. The number of anilines is 1. The van der Waals surface area contributed by atoms with E-state index in [0.717, 1.165) is 46.3 Å². The van der Waals surface area contributed by atoms with Gasteiger partial charge in [-0.25, -0.2) is 9.97 Å². The Morgan fingerprint density at radius 3 is 2.50 bits per heavy atom. The lowest BCUT2D eigenvalue weighted by atomic mass is 10.0. The van der Waals surface area contributed by atoms with E-state index in [0.29, 0.717) is 29.2 Å². The van der Waals surface area contributed by atoms with Crippen LogP contribution in [-0.2, 0) is 6.54 Å². The summed E-state index contributed by atoms with van der Waals surface area (Å²) in [6, 6.07) is 22.8. The van der Waals surface area contributed by atoms with E-state index in [-0.39, 0.29) is 5.91 Å². The van der Waals surface area contributed by atoms with E-state index in [4.69, 9.17) is 11.6 Å². The third kappa shape index (κ3) is 4.48. The summed E-state index contributed by atoms with van der Waals surface area (Å²) in [4.78, 5) is 24.2. The van der Waals surface area contributed by atoms with Crippen molar-refractivity contribution in [1.82, 2.24) is 14.9 Å². The molecule has 1 N–H and O–H groups in total. The van der Waals surface area contributed by atoms with Crippen molar-refractivity contribution in [1.29, 1.82) is 0 Å². The summed E-state index contributed by atoms with van der Waals surface area (Å²) in [6.45, 7) is 0.588. The van der Waals surface area contributed by atoms with Crippen LogP contribution in [0.15, 0.2) is 73.1 Å². The molecule has 2 fully saturated rings. The van der Waals surface area contributed by atoms with Crippen molar-refractivity contribution in [3.63, 3.8) is 0 Å². The molecule has 0 saturated heterocycles. The maximum absolute atomic E-state index is 13.2. The van der Waals surface area contributed by atoms with Crippen LogP contribution < -0.4 is 5.32 Å². The van der Waals surface area contributed by atoms with Crippen molar-refractivity contribution >= 4 is 34.2 Å². The van der Waals surface area contributed by atoms with E-state index in [1.165, 1.54) is 12.8 Å². The van der Waals surface area contributed by atoms with Crippen LogP contribution in [0.3, 0.4) is 0 Å². The van der Waals surface area contributed by atoms with E-state index in [9.17, 15) is 4.79 Å². The van der Waals surface area contributed by atoms with Crippen LogP contribution >= 0.6 is 11.6 Å². The van der Waals surface area contributed by atoms with E-state index < -0.39 is 0 Å². The number of carbonyl (C=O) groups is 1. The average Bonchev–Trinajstić information content (AvgIpc) is 3.78. The fourth-order valence-electron chi connectivity index (χ4n) is 4.33. The summed E-state index contributed by atoms with van der Waals surface area (Å²) in [5, 5.41) is 5.20. The minimum Gasteiger partial charge on any atom is -0.367 e. The van der Waals surface area contributed by atoms with Crippen molar-refractivity contribution in [2.45, 2.75) is 44.3 Å². The molecular formula is C28H25ClN4O. The highest BCUT2D eigenvalue weighted by Crippen LogP contribution is 2.33. The number of aromatic nitrogens is 2. The Labute approximate surface area is 203 Å². The number of amides is 1. The third-order valence-electron chi connectivity index (χ3n) is 6.51. The molecule has 6 rings (SSSR count). The van der Waals surface area contributed by atoms with Crippen LogP contribution in [0.5, 0.6) is 0 Å². The number of rotatable bonds is 7. The number of benzene rings is 3. The Bertz CT molecular complexity index is 1360. The van der Waals surface area contributed by atoms with Crippen molar-refractivity contribution in [2.24, 2.45) is 0 Å². The first kappa shape index (κ1) is 21.1. The van der Waals surface area contributed by atoms with Gasteiger partial charge in [0, 0.05) is 34.6 Å². The zero-order chi connectivity index (χ0) is 23.1. The van der Waals surface area contributed by atoms with E-state index in [2.05, 4.69) is 57.7 Å². The van der Waals surface area contributed by atoms with E-state index >= 15 is 0 Å². The molecule has 2 saturated carbocycles. The van der Waals surface area contributed by atoms with Crippen molar-refractivity contribution < 1.29 is 4.79 Å². The van der Waals surface area contributed by atoms with Gasteiger partial charge in [0.05, 0.1) is 5.52 Å². The topological polar surface area (TPSA) is 58.1 Å². The molecule has 0 atom stereocenters. The number of carbonyl (C=O) groups excluding carboxylic acids is 1. The van der Waals surface area contributed by atoms with Gasteiger partial charge >= 0.3 is 0 Å². The minimum absolute atomic E-state index is 0.0585. The number of halogens is 1. The van der Waals surface area contributed by atoms with Gasteiger partial charge < -0.3 is 10.2 Å². The van der Waals surface area contributed by atoms with Crippen molar-refractivity contribution in [3.05, 3.63) is 89.2 Å². The van der Waals surface area contributed by atoms with Crippen LogP contribution in [0.2, 0.25) is 5.02 Å². The smallest absolute Gasteiger partial charge is 0.254 e. The van der Waals surface area contributed by atoms with Gasteiger partial charge in [-0.2, -0.15) is 0 Å². The Morgan fingerprint density at radius 2 is 1.74 bits per heavy atom. The van der Waals surface area contributed by atoms with Gasteiger partial charge in [0.2, 0.25) is 0 Å². The quantitative estimate of drug-likeness (QED) is 0.344. The van der Waals surface area contributed by atoms with Gasteiger partial charge in [-0.3, -0.25) is 4.79 Å². The van der Waals surface area contributed by atoms with Crippen LogP contribution in [0.4, 0.5) is 5.82 Å². The molecule has 1 amide bonds. The lowest BCUT2D eigenvalue weighted by molar-refractivity contribution is 0.0730. The molecular weight excluding hydrogens is 444 g/mol. The summed E-state index contributed by atoms with van der Waals surface area (Å²) in [5.74, 6) is 0.960. The Balaban J connectivity index is 1.28. The second-order valence-corrected chi connectivity index (χ2v) is 9.68. The first-order chi connectivity index (χ1) is 16.6. The molecule has 1 aromatic heterocycles. The van der Waals surface area contributed by atoms with Gasteiger partial charge in [-0.05, 0) is 84.8 Å². The molecule has 3 aromatic carbocycles. The second-order valence-electron chi connectivity index (χ2n) is 9.24. The fraction of sp³-hybridized carbons (Fsp3) is 0.250. The highest BCUT2D eigenvalue weighted by molar-refractivity contribution is 6.30. The van der Waals surface area contributed by atoms with Gasteiger partial charge in [-0.15, -0.1) is 0 Å². The standard InChI is InChI=1S/C28H25ClN4O/c29-22-7-4-19(5-8-22)28(34)33(24-11-12-24)16-18-2-1-3-20(14-18)21-6-13-26-25(15-21)27(31-17-30-26)32-23-9-10-23/h1-8,13-15,17,23-24H,9-12,16H2,(H,30,31,32).